The number of carbonyl (C=O) groups excluding carboxylic acids is 2. The highest BCUT2D eigenvalue weighted by Crippen LogP contribution is 2.48. The zero-order chi connectivity index (χ0) is 26.3. The first-order valence-corrected chi connectivity index (χ1v) is 13.2. The molecule has 2 aliphatic rings. The number of fused-ring (bicyclic) bond motifs is 1. The maximum Gasteiger partial charge on any atom is 0.242 e. The molecule has 200 valence electrons. The predicted molar refractivity (Wildman–Crippen MR) is 141 cm³/mol. The molecule has 0 bridgehead atoms. The van der Waals surface area contributed by atoms with Crippen molar-refractivity contribution in [2.24, 2.45) is 5.92 Å². The van der Waals surface area contributed by atoms with Crippen molar-refractivity contribution in [1.29, 1.82) is 0 Å². The molecule has 2 atom stereocenters. The molecule has 1 aliphatic carbocycles. The van der Waals surface area contributed by atoms with Gasteiger partial charge < -0.3 is 28.4 Å². The smallest absolute Gasteiger partial charge is 0.242 e. The van der Waals surface area contributed by atoms with Crippen molar-refractivity contribution in [3.8, 4) is 11.5 Å². The molecule has 0 N–H and O–H groups in total. The first-order chi connectivity index (χ1) is 18.6. The van der Waals surface area contributed by atoms with Gasteiger partial charge in [-0.2, -0.15) is 0 Å². The molecular weight excluding hydrogens is 484 g/mol. The lowest BCUT2D eigenvalue weighted by atomic mass is 10.1. The zero-order valence-electron chi connectivity index (χ0n) is 21.7. The topological polar surface area (TPSA) is 81.5 Å². The normalized spacial score (nSPS) is 17.3. The maximum absolute atomic E-state index is 13.7. The lowest BCUT2D eigenvalue weighted by molar-refractivity contribution is -0.142. The van der Waals surface area contributed by atoms with Crippen molar-refractivity contribution in [3.05, 3.63) is 83.8 Å². The highest BCUT2D eigenvalue weighted by Gasteiger charge is 2.46. The monoisotopic (exact) mass is 518 g/mol. The number of amides is 2. The van der Waals surface area contributed by atoms with Gasteiger partial charge in [0.2, 0.25) is 18.6 Å². The van der Waals surface area contributed by atoms with Gasteiger partial charge in [-0.1, -0.05) is 36.4 Å². The van der Waals surface area contributed by atoms with Crippen molar-refractivity contribution < 1.29 is 28.2 Å². The second-order valence-electron chi connectivity index (χ2n) is 9.69. The summed E-state index contributed by atoms with van der Waals surface area (Å²) in [5.74, 6) is 2.05. The fourth-order valence-corrected chi connectivity index (χ4v) is 4.89. The van der Waals surface area contributed by atoms with Gasteiger partial charge in [-0.3, -0.25) is 9.59 Å². The third-order valence-electron chi connectivity index (χ3n) is 6.98. The molecule has 2 amide bonds. The van der Waals surface area contributed by atoms with Gasteiger partial charge in [0.15, 0.2) is 11.5 Å². The Hall–Kier alpha value is -3.78. The number of ether oxygens (including phenoxy) is 3. The van der Waals surface area contributed by atoms with Crippen molar-refractivity contribution in [2.75, 3.05) is 33.1 Å². The Morgan fingerprint density at radius 1 is 0.974 bits per heavy atom. The zero-order valence-corrected chi connectivity index (χ0v) is 21.7. The summed E-state index contributed by atoms with van der Waals surface area (Å²) in [4.78, 5) is 30.7. The molecule has 0 saturated heterocycles. The van der Waals surface area contributed by atoms with Gasteiger partial charge in [-0.25, -0.2) is 0 Å². The summed E-state index contributed by atoms with van der Waals surface area (Å²) >= 11 is 0. The number of benzene rings is 2. The number of nitrogens with zero attached hydrogens (tertiary/aromatic N) is 2. The van der Waals surface area contributed by atoms with Crippen LogP contribution in [0.5, 0.6) is 11.5 Å². The first-order valence-electron chi connectivity index (χ1n) is 13.2. The molecule has 2 heterocycles. The van der Waals surface area contributed by atoms with Crippen molar-refractivity contribution in [3.63, 3.8) is 0 Å². The van der Waals surface area contributed by atoms with E-state index in [-0.39, 0.29) is 37.0 Å². The molecule has 1 fully saturated rings. The van der Waals surface area contributed by atoms with E-state index in [4.69, 9.17) is 18.6 Å². The predicted octanol–water partition coefficient (Wildman–Crippen LogP) is 4.60. The SMILES string of the molecule is CCOCCCN(CC(=O)N(Cc1ccc2c(c1)OCO2)Cc1ccco1)C(=O)[C@@H]1C[C@H]1c1ccccc1. The number of carbonyl (C=O) groups is 2. The molecule has 3 aromatic rings. The minimum Gasteiger partial charge on any atom is -0.467 e. The maximum atomic E-state index is 13.7. The second kappa shape index (κ2) is 12.2. The highest BCUT2D eigenvalue weighted by molar-refractivity contribution is 5.88. The van der Waals surface area contributed by atoms with Crippen LogP contribution in [0.25, 0.3) is 0 Å². The van der Waals surface area contributed by atoms with Gasteiger partial charge >= 0.3 is 0 Å². The van der Waals surface area contributed by atoms with E-state index >= 15 is 0 Å². The van der Waals surface area contributed by atoms with Crippen LogP contribution in [0.1, 0.15) is 42.6 Å². The van der Waals surface area contributed by atoms with Crippen molar-refractivity contribution in [2.45, 2.75) is 38.8 Å². The lowest BCUT2D eigenvalue weighted by Gasteiger charge is -2.28. The summed E-state index contributed by atoms with van der Waals surface area (Å²) in [5, 5.41) is 0. The lowest BCUT2D eigenvalue weighted by Crippen LogP contribution is -2.43. The highest BCUT2D eigenvalue weighted by atomic mass is 16.7. The first kappa shape index (κ1) is 25.9. The van der Waals surface area contributed by atoms with E-state index in [1.807, 2.05) is 49.4 Å². The quantitative estimate of drug-likeness (QED) is 0.308. The molecule has 0 unspecified atom stereocenters. The minimum absolute atomic E-state index is 0.00816. The van der Waals surface area contributed by atoms with Gasteiger partial charge in [0.1, 0.15) is 5.76 Å². The van der Waals surface area contributed by atoms with Crippen LogP contribution in [0, 0.1) is 5.92 Å². The molecule has 0 radical (unpaired) electrons. The van der Waals surface area contributed by atoms with E-state index in [0.29, 0.717) is 56.5 Å². The van der Waals surface area contributed by atoms with Gasteiger partial charge in [-0.15, -0.1) is 0 Å². The summed E-state index contributed by atoms with van der Waals surface area (Å²) in [7, 11) is 0. The third-order valence-corrected chi connectivity index (χ3v) is 6.98. The second-order valence-corrected chi connectivity index (χ2v) is 9.69. The fraction of sp³-hybridized carbons (Fsp3) is 0.400. The molecule has 1 saturated carbocycles. The van der Waals surface area contributed by atoms with E-state index in [2.05, 4.69) is 12.1 Å². The van der Waals surface area contributed by atoms with Crippen LogP contribution in [0.2, 0.25) is 0 Å². The van der Waals surface area contributed by atoms with Crippen molar-refractivity contribution in [1.82, 2.24) is 9.80 Å². The number of hydrogen-bond donors (Lipinski definition) is 0. The largest absolute Gasteiger partial charge is 0.467 e. The van der Waals surface area contributed by atoms with Crippen LogP contribution in [0.4, 0.5) is 0 Å². The van der Waals surface area contributed by atoms with Crippen LogP contribution in [0.3, 0.4) is 0 Å². The Morgan fingerprint density at radius 3 is 2.61 bits per heavy atom. The molecule has 1 aromatic heterocycles. The standard InChI is InChI=1S/C30H34N2O6/c1-2-35-14-7-13-31(30(34)26-17-25(26)23-8-4-3-5-9-23)20-29(33)32(19-24-10-6-15-36-24)18-22-11-12-27-28(16-22)38-21-37-27/h3-6,8-12,15-16,25-26H,2,7,13-14,17-21H2,1H3/t25-,26+/m0/s1. The van der Waals surface area contributed by atoms with E-state index in [0.717, 1.165) is 12.0 Å². The number of hydrogen-bond acceptors (Lipinski definition) is 6. The van der Waals surface area contributed by atoms with E-state index in [1.165, 1.54) is 5.56 Å². The summed E-state index contributed by atoms with van der Waals surface area (Å²) < 4.78 is 22.0. The molecule has 1 aliphatic heterocycles. The Labute approximate surface area is 223 Å². The minimum atomic E-state index is -0.138. The van der Waals surface area contributed by atoms with Crippen molar-refractivity contribution >= 4 is 11.8 Å². The van der Waals surface area contributed by atoms with Crippen LogP contribution in [0.15, 0.2) is 71.3 Å². The average Bonchev–Trinajstić information content (AvgIpc) is 3.31. The third kappa shape index (κ3) is 6.37. The van der Waals surface area contributed by atoms with Crippen LogP contribution >= 0.6 is 0 Å². The molecule has 8 heteroatoms. The molecule has 0 spiro atoms. The van der Waals surface area contributed by atoms with Gasteiger partial charge in [-0.05, 0) is 61.1 Å². The molecular formula is C30H34N2O6. The van der Waals surface area contributed by atoms with Crippen LogP contribution < -0.4 is 9.47 Å². The van der Waals surface area contributed by atoms with Gasteiger partial charge in [0.05, 0.1) is 19.4 Å². The Bertz CT molecular complexity index is 1210. The van der Waals surface area contributed by atoms with Crippen LogP contribution in [-0.4, -0.2) is 54.7 Å². The summed E-state index contributed by atoms with van der Waals surface area (Å²) in [6, 6.07) is 19.4. The Balaban J connectivity index is 1.30. The molecule has 38 heavy (non-hydrogen) atoms. The molecule has 5 rings (SSSR count). The fourth-order valence-electron chi connectivity index (χ4n) is 4.89. The van der Waals surface area contributed by atoms with Gasteiger partial charge in [0.25, 0.3) is 0 Å². The molecule has 2 aromatic carbocycles. The number of furan rings is 1. The summed E-state index contributed by atoms with van der Waals surface area (Å²) in [6.45, 7) is 4.45. The summed E-state index contributed by atoms with van der Waals surface area (Å²) in [5.41, 5.74) is 2.09. The van der Waals surface area contributed by atoms with E-state index < -0.39 is 0 Å². The van der Waals surface area contributed by atoms with Crippen LogP contribution in [-0.2, 0) is 27.4 Å². The molecule has 8 nitrogen and oxygen atoms in total. The average molecular weight is 519 g/mol. The Morgan fingerprint density at radius 2 is 1.82 bits per heavy atom. The van der Waals surface area contributed by atoms with E-state index in [1.54, 1.807) is 22.1 Å². The number of rotatable bonds is 13. The van der Waals surface area contributed by atoms with E-state index in [9.17, 15) is 9.59 Å². The Kier molecular flexibility index (Phi) is 8.28. The summed E-state index contributed by atoms with van der Waals surface area (Å²) in [6.07, 6.45) is 3.08. The van der Waals surface area contributed by atoms with Gasteiger partial charge in [0, 0.05) is 32.2 Å².